The van der Waals surface area contributed by atoms with E-state index in [1.807, 2.05) is 22.6 Å². The third-order valence-corrected chi connectivity index (χ3v) is 4.49. The molecule has 0 aliphatic carbocycles. The van der Waals surface area contributed by atoms with E-state index in [-0.39, 0.29) is 27.1 Å². The summed E-state index contributed by atoms with van der Waals surface area (Å²) in [6.45, 7) is 0. The Morgan fingerprint density at radius 2 is 1.96 bits per heavy atom. The van der Waals surface area contributed by atoms with Crippen molar-refractivity contribution < 1.29 is 19.6 Å². The van der Waals surface area contributed by atoms with Gasteiger partial charge in [-0.25, -0.2) is 4.79 Å². The largest absolute Gasteiger partial charge is 0.478 e. The third kappa shape index (κ3) is 5.97. The molecule has 0 heterocycles. The van der Waals surface area contributed by atoms with Gasteiger partial charge in [-0.15, -0.1) is 0 Å². The minimum Gasteiger partial charge on any atom is -0.478 e. The van der Waals surface area contributed by atoms with E-state index in [4.69, 9.17) is 23.8 Å². The average molecular weight is 532 g/mol. The summed E-state index contributed by atoms with van der Waals surface area (Å²) in [5.74, 6) is -1.74. The molecule has 0 aliphatic heterocycles. The number of halogens is 2. The van der Waals surface area contributed by atoms with Crippen LogP contribution in [0.25, 0.3) is 6.08 Å². The maximum absolute atomic E-state index is 12.0. The smallest absolute Gasteiger partial charge is 0.337 e. The quantitative estimate of drug-likeness (QED) is 0.175. The summed E-state index contributed by atoms with van der Waals surface area (Å²) in [5, 5.41) is 25.0. The van der Waals surface area contributed by atoms with Gasteiger partial charge in [0.15, 0.2) is 5.11 Å². The van der Waals surface area contributed by atoms with Gasteiger partial charge in [-0.3, -0.25) is 20.2 Å². The second-order valence-electron chi connectivity index (χ2n) is 5.24. The van der Waals surface area contributed by atoms with Crippen molar-refractivity contribution in [1.29, 1.82) is 0 Å². The summed E-state index contributed by atoms with van der Waals surface area (Å²) in [4.78, 5) is 33.5. The number of nitrogens with one attached hydrogen (secondary N) is 2. The Bertz CT molecular complexity index is 1010. The second-order valence-corrected chi connectivity index (χ2v) is 7.30. The maximum atomic E-state index is 12.0. The summed E-state index contributed by atoms with van der Waals surface area (Å²) in [7, 11) is 0. The Morgan fingerprint density at radius 1 is 1.25 bits per heavy atom. The summed E-state index contributed by atoms with van der Waals surface area (Å²) >= 11 is 12.7. The fourth-order valence-corrected chi connectivity index (χ4v) is 2.94. The average Bonchev–Trinajstić information content (AvgIpc) is 2.62. The number of hydrogen-bond donors (Lipinski definition) is 3. The topological polar surface area (TPSA) is 122 Å². The molecule has 144 valence electrons. The number of thiocarbonyl (C=S) groups is 1. The highest BCUT2D eigenvalue weighted by atomic mass is 127. The molecule has 1 amide bonds. The molecule has 28 heavy (non-hydrogen) atoms. The third-order valence-electron chi connectivity index (χ3n) is 3.29. The minimum atomic E-state index is -1.14. The van der Waals surface area contributed by atoms with Gasteiger partial charge >= 0.3 is 5.97 Å². The van der Waals surface area contributed by atoms with E-state index >= 15 is 0 Å². The van der Waals surface area contributed by atoms with Crippen LogP contribution < -0.4 is 10.6 Å². The molecule has 0 saturated carbocycles. The highest BCUT2D eigenvalue weighted by molar-refractivity contribution is 14.1. The Kier molecular flexibility index (Phi) is 7.43. The maximum Gasteiger partial charge on any atom is 0.337 e. The second kappa shape index (κ2) is 9.57. The molecule has 0 unspecified atom stereocenters. The lowest BCUT2D eigenvalue weighted by Crippen LogP contribution is -2.33. The SMILES string of the molecule is O=C(/C=C/c1ccc(Cl)c([N+](=O)[O-])c1)NC(=S)Nc1ccc(I)cc1C(=O)O. The van der Waals surface area contributed by atoms with Crippen LogP contribution in [-0.2, 0) is 4.79 Å². The molecule has 0 saturated heterocycles. The molecule has 0 spiro atoms. The molecule has 0 bridgehead atoms. The Hall–Kier alpha value is -2.57. The number of nitro benzene ring substituents is 1. The number of carboxylic acids is 1. The Morgan fingerprint density at radius 3 is 2.61 bits per heavy atom. The van der Waals surface area contributed by atoms with E-state index in [2.05, 4.69) is 10.6 Å². The predicted octanol–water partition coefficient (Wildman–Crippen LogP) is 4.08. The lowest BCUT2D eigenvalue weighted by molar-refractivity contribution is -0.384. The predicted molar refractivity (Wildman–Crippen MR) is 118 cm³/mol. The number of anilines is 1. The number of hydrogen-bond acceptors (Lipinski definition) is 5. The molecule has 3 N–H and O–H groups in total. The fraction of sp³-hybridized carbons (Fsp3) is 0. The van der Waals surface area contributed by atoms with Crippen molar-refractivity contribution in [2.45, 2.75) is 0 Å². The van der Waals surface area contributed by atoms with Crippen molar-refractivity contribution >= 4 is 80.8 Å². The van der Waals surface area contributed by atoms with Gasteiger partial charge in [0, 0.05) is 15.7 Å². The van der Waals surface area contributed by atoms with Crippen LogP contribution in [0.1, 0.15) is 15.9 Å². The van der Waals surface area contributed by atoms with Crippen LogP contribution in [0.15, 0.2) is 42.5 Å². The zero-order valence-electron chi connectivity index (χ0n) is 13.8. The summed E-state index contributed by atoms with van der Waals surface area (Å²) < 4.78 is 0.732. The highest BCUT2D eigenvalue weighted by Gasteiger charge is 2.13. The molecule has 0 fully saturated rings. The van der Waals surface area contributed by atoms with E-state index in [1.54, 1.807) is 6.07 Å². The van der Waals surface area contributed by atoms with Gasteiger partial charge in [-0.1, -0.05) is 17.7 Å². The van der Waals surface area contributed by atoms with Crippen LogP contribution in [0.4, 0.5) is 11.4 Å². The molecular weight excluding hydrogens is 521 g/mol. The summed E-state index contributed by atoms with van der Waals surface area (Å²) in [6, 6.07) is 8.78. The van der Waals surface area contributed by atoms with Gasteiger partial charge in [0.05, 0.1) is 16.2 Å². The van der Waals surface area contributed by atoms with Crippen molar-refractivity contribution in [3.05, 3.63) is 72.3 Å². The lowest BCUT2D eigenvalue weighted by Gasteiger charge is -2.11. The van der Waals surface area contributed by atoms with Crippen molar-refractivity contribution in [3.8, 4) is 0 Å². The van der Waals surface area contributed by atoms with E-state index in [0.29, 0.717) is 5.56 Å². The first-order chi connectivity index (χ1) is 13.2. The number of carboxylic acid groups (broad SMARTS) is 1. The number of nitrogens with zero attached hydrogens (tertiary/aromatic N) is 1. The van der Waals surface area contributed by atoms with Gasteiger partial charge in [-0.2, -0.15) is 0 Å². The van der Waals surface area contributed by atoms with Crippen molar-refractivity contribution in [2.75, 3.05) is 5.32 Å². The van der Waals surface area contributed by atoms with Crippen molar-refractivity contribution in [2.24, 2.45) is 0 Å². The highest BCUT2D eigenvalue weighted by Crippen LogP contribution is 2.25. The van der Waals surface area contributed by atoms with Crippen LogP contribution in [-0.4, -0.2) is 27.0 Å². The monoisotopic (exact) mass is 531 g/mol. The van der Waals surface area contributed by atoms with Gasteiger partial charge in [0.25, 0.3) is 5.69 Å². The number of carbonyl (C=O) groups excluding carboxylic acids is 1. The molecule has 2 aromatic carbocycles. The normalized spacial score (nSPS) is 10.5. The van der Waals surface area contributed by atoms with Crippen molar-refractivity contribution in [3.63, 3.8) is 0 Å². The molecule has 0 aliphatic rings. The molecule has 2 rings (SSSR count). The van der Waals surface area contributed by atoms with E-state index in [9.17, 15) is 24.8 Å². The lowest BCUT2D eigenvalue weighted by atomic mass is 10.2. The van der Waals surface area contributed by atoms with Gasteiger partial charge < -0.3 is 10.4 Å². The summed E-state index contributed by atoms with van der Waals surface area (Å²) in [5.41, 5.74) is 0.361. The number of benzene rings is 2. The number of rotatable bonds is 5. The Balaban J connectivity index is 2.05. The first-order valence-corrected chi connectivity index (χ1v) is 9.30. The van der Waals surface area contributed by atoms with Gasteiger partial charge in [0.2, 0.25) is 5.91 Å². The number of carbonyl (C=O) groups is 2. The van der Waals surface area contributed by atoms with Crippen LogP contribution in [0.5, 0.6) is 0 Å². The molecule has 0 atom stereocenters. The van der Waals surface area contributed by atoms with Crippen LogP contribution >= 0.6 is 46.4 Å². The van der Waals surface area contributed by atoms with Gasteiger partial charge in [-0.05, 0) is 70.7 Å². The van der Waals surface area contributed by atoms with Crippen LogP contribution in [0.2, 0.25) is 5.02 Å². The van der Waals surface area contributed by atoms with Gasteiger partial charge in [0.1, 0.15) is 5.02 Å². The number of aromatic carboxylic acids is 1. The Labute approximate surface area is 182 Å². The molecule has 0 aromatic heterocycles. The zero-order valence-corrected chi connectivity index (χ0v) is 17.5. The van der Waals surface area contributed by atoms with E-state index in [1.165, 1.54) is 36.4 Å². The van der Waals surface area contributed by atoms with Crippen LogP contribution in [0, 0.1) is 13.7 Å². The molecule has 0 radical (unpaired) electrons. The first-order valence-electron chi connectivity index (χ1n) is 7.44. The molecule has 2 aromatic rings. The molecular formula is C17H11ClIN3O5S. The summed E-state index contributed by atoms with van der Waals surface area (Å²) in [6.07, 6.45) is 2.49. The number of amides is 1. The van der Waals surface area contributed by atoms with E-state index in [0.717, 1.165) is 9.65 Å². The zero-order chi connectivity index (χ0) is 20.8. The molecule has 11 heteroatoms. The minimum absolute atomic E-state index is 0.00696. The molecule has 8 nitrogen and oxygen atoms in total. The van der Waals surface area contributed by atoms with Crippen molar-refractivity contribution in [1.82, 2.24) is 5.32 Å². The van der Waals surface area contributed by atoms with Crippen LogP contribution in [0.3, 0.4) is 0 Å². The fourth-order valence-electron chi connectivity index (χ4n) is 2.05. The first kappa shape index (κ1) is 21.7. The standard InChI is InChI=1S/C17H11ClIN3O5S/c18-12-4-1-9(7-14(12)22(26)27)2-6-15(23)21-17(28)20-13-5-3-10(19)8-11(13)16(24)25/h1-8H,(H,24,25)(H2,20,21,23,28)/b6-2+. The number of nitro groups is 1. The van der Waals surface area contributed by atoms with E-state index < -0.39 is 16.8 Å².